The van der Waals surface area contributed by atoms with Crippen LogP contribution in [-0.4, -0.2) is 8.42 Å². The Morgan fingerprint density at radius 3 is 2.58 bits per heavy atom. The van der Waals surface area contributed by atoms with Gasteiger partial charge in [-0.15, -0.1) is 3.89 Å². The van der Waals surface area contributed by atoms with E-state index in [2.05, 4.69) is 5.11 Å². The van der Waals surface area contributed by atoms with Crippen LogP contribution in [0.3, 0.4) is 0 Å². The third-order valence-corrected chi connectivity index (χ3v) is 2.05. The Bertz CT molecular complexity index is 402. The van der Waals surface area contributed by atoms with Gasteiger partial charge in [-0.05, 0) is 18.2 Å². The Hall–Kier alpha value is -1.30. The van der Waals surface area contributed by atoms with Crippen molar-refractivity contribution < 1.29 is 12.3 Å². The molecule has 1 aromatic rings. The first-order valence-electron chi connectivity index (χ1n) is 2.96. The van der Waals surface area contributed by atoms with Crippen LogP contribution in [0.25, 0.3) is 0 Å². The number of benzene rings is 1. The van der Waals surface area contributed by atoms with E-state index in [0.717, 1.165) is 12.1 Å². The lowest BCUT2D eigenvalue weighted by atomic mass is 10.3. The van der Waals surface area contributed by atoms with Crippen LogP contribution in [0.4, 0.5) is 9.57 Å². The molecule has 0 aliphatic rings. The van der Waals surface area contributed by atoms with Gasteiger partial charge in [0, 0.05) is 0 Å². The number of nitrogens with zero attached hydrogens (tertiary/aromatic N) is 1. The van der Waals surface area contributed by atoms with Crippen molar-refractivity contribution in [3.63, 3.8) is 0 Å². The van der Waals surface area contributed by atoms with E-state index in [4.69, 9.17) is 5.53 Å². The highest BCUT2D eigenvalue weighted by atomic mass is 32.3. The maximum Gasteiger partial charge on any atom is 0.332 e. The molecule has 0 heterocycles. The van der Waals surface area contributed by atoms with Gasteiger partial charge < -0.3 is 0 Å². The van der Waals surface area contributed by atoms with Gasteiger partial charge in [-0.1, -0.05) is 6.07 Å². The molecule has 0 aliphatic carbocycles. The summed E-state index contributed by atoms with van der Waals surface area (Å²) in [5.74, 6) is 0. The van der Waals surface area contributed by atoms with E-state index in [1.807, 2.05) is 0 Å². The van der Waals surface area contributed by atoms with Crippen molar-refractivity contribution in [1.29, 1.82) is 5.53 Å². The third kappa shape index (κ3) is 1.85. The zero-order chi connectivity index (χ0) is 9.19. The van der Waals surface area contributed by atoms with Crippen molar-refractivity contribution in [2.45, 2.75) is 4.90 Å². The number of hydrogen-bond donors (Lipinski definition) is 1. The lowest BCUT2D eigenvalue weighted by molar-refractivity contribution is 0.552. The summed E-state index contributed by atoms with van der Waals surface area (Å²) in [4.78, 5) is -0.476. The highest BCUT2D eigenvalue weighted by Gasteiger charge is 2.11. The molecule has 6 heteroatoms. The molecule has 0 aromatic heterocycles. The number of rotatable bonds is 2. The second kappa shape index (κ2) is 2.98. The third-order valence-electron chi connectivity index (χ3n) is 1.23. The first kappa shape index (κ1) is 8.79. The molecule has 0 saturated carbocycles. The Morgan fingerprint density at radius 2 is 2.08 bits per heavy atom. The Labute approximate surface area is 68.8 Å². The van der Waals surface area contributed by atoms with Crippen molar-refractivity contribution >= 4 is 15.9 Å². The quantitative estimate of drug-likeness (QED) is 0.569. The Balaban J connectivity index is 3.29. The molecule has 1 rings (SSSR count). The molecule has 0 amide bonds. The summed E-state index contributed by atoms with van der Waals surface area (Å²) in [6.45, 7) is 0. The largest absolute Gasteiger partial charge is 0.332 e. The molecule has 64 valence electrons. The Kier molecular flexibility index (Phi) is 2.18. The van der Waals surface area contributed by atoms with Crippen LogP contribution in [0.5, 0.6) is 0 Å². The molecule has 4 nitrogen and oxygen atoms in total. The molecule has 0 radical (unpaired) electrons. The zero-order valence-electron chi connectivity index (χ0n) is 5.86. The SMILES string of the molecule is N=Nc1cccc(S(=O)(=O)F)c1. The number of nitrogens with one attached hydrogen (secondary N) is 1. The lowest BCUT2D eigenvalue weighted by Gasteiger charge is -1.94. The van der Waals surface area contributed by atoms with Crippen LogP contribution in [0, 0.1) is 5.53 Å². The van der Waals surface area contributed by atoms with Crippen molar-refractivity contribution in [2.24, 2.45) is 5.11 Å². The fourth-order valence-corrected chi connectivity index (χ4v) is 1.21. The van der Waals surface area contributed by atoms with Gasteiger partial charge >= 0.3 is 10.2 Å². The predicted octanol–water partition coefficient (Wildman–Crippen LogP) is 2.01. The molecule has 1 N–H and O–H groups in total. The molecule has 0 unspecified atom stereocenters. The van der Waals surface area contributed by atoms with E-state index in [9.17, 15) is 12.3 Å². The zero-order valence-corrected chi connectivity index (χ0v) is 6.68. The monoisotopic (exact) mass is 188 g/mol. The van der Waals surface area contributed by atoms with Crippen LogP contribution in [-0.2, 0) is 10.2 Å². The van der Waals surface area contributed by atoms with Crippen LogP contribution < -0.4 is 0 Å². The molecule has 0 aliphatic heterocycles. The molecule has 0 fully saturated rings. The van der Waals surface area contributed by atoms with Gasteiger partial charge in [0.2, 0.25) is 0 Å². The average molecular weight is 188 g/mol. The molecular weight excluding hydrogens is 183 g/mol. The van der Waals surface area contributed by atoms with Crippen LogP contribution in [0.2, 0.25) is 0 Å². The topological polar surface area (TPSA) is 70.3 Å². The summed E-state index contributed by atoms with van der Waals surface area (Å²) < 4.78 is 33.0. The van der Waals surface area contributed by atoms with Gasteiger partial charge in [0.15, 0.2) is 0 Å². The number of halogens is 1. The molecular formula is C6H5FN2O2S. The molecule has 0 saturated heterocycles. The second-order valence-electron chi connectivity index (χ2n) is 2.05. The molecule has 0 atom stereocenters. The van der Waals surface area contributed by atoms with E-state index < -0.39 is 15.1 Å². The van der Waals surface area contributed by atoms with E-state index in [-0.39, 0.29) is 5.69 Å². The maximum atomic E-state index is 12.3. The van der Waals surface area contributed by atoms with Crippen LogP contribution >= 0.6 is 0 Å². The van der Waals surface area contributed by atoms with E-state index in [1.54, 1.807) is 0 Å². The molecule has 0 spiro atoms. The summed E-state index contributed by atoms with van der Waals surface area (Å²) in [7, 11) is -4.68. The minimum absolute atomic E-state index is 0.105. The van der Waals surface area contributed by atoms with Crippen molar-refractivity contribution in [3.8, 4) is 0 Å². The second-order valence-corrected chi connectivity index (χ2v) is 3.39. The van der Waals surface area contributed by atoms with Gasteiger partial charge in [-0.25, -0.2) is 5.53 Å². The van der Waals surface area contributed by atoms with Gasteiger partial charge in [0.05, 0.1) is 5.69 Å². The summed E-state index contributed by atoms with van der Waals surface area (Å²) in [5, 5.41) is 2.96. The summed E-state index contributed by atoms with van der Waals surface area (Å²) in [6.07, 6.45) is 0. The van der Waals surface area contributed by atoms with Crippen molar-refractivity contribution in [2.75, 3.05) is 0 Å². The van der Waals surface area contributed by atoms with Gasteiger partial charge in [0.25, 0.3) is 0 Å². The average Bonchev–Trinajstić information content (AvgIpc) is 2.03. The van der Waals surface area contributed by atoms with Crippen LogP contribution in [0.15, 0.2) is 34.3 Å². The predicted molar refractivity (Wildman–Crippen MR) is 39.5 cm³/mol. The smallest absolute Gasteiger partial charge is 0.204 e. The normalized spacial score (nSPS) is 11.1. The fraction of sp³-hybridized carbons (Fsp3) is 0. The van der Waals surface area contributed by atoms with E-state index in [1.165, 1.54) is 12.1 Å². The lowest BCUT2D eigenvalue weighted by Crippen LogP contribution is -1.90. The highest BCUT2D eigenvalue weighted by molar-refractivity contribution is 7.86. The summed E-state index contributed by atoms with van der Waals surface area (Å²) in [5.41, 5.74) is 6.66. The maximum absolute atomic E-state index is 12.3. The van der Waals surface area contributed by atoms with Gasteiger partial charge in [-0.3, -0.25) is 0 Å². The molecule has 0 bridgehead atoms. The standard InChI is InChI=1S/C6H5FN2O2S/c7-12(10,11)6-3-1-2-5(4-6)9-8/h1-4,8H. The number of hydrogen-bond acceptors (Lipinski definition) is 4. The minimum atomic E-state index is -4.68. The molecule has 12 heavy (non-hydrogen) atoms. The summed E-state index contributed by atoms with van der Waals surface area (Å²) in [6, 6.07) is 4.81. The first-order valence-corrected chi connectivity index (χ1v) is 4.34. The fourth-order valence-electron chi connectivity index (χ4n) is 0.705. The first-order chi connectivity index (χ1) is 5.54. The van der Waals surface area contributed by atoms with Crippen molar-refractivity contribution in [1.82, 2.24) is 0 Å². The van der Waals surface area contributed by atoms with E-state index in [0.29, 0.717) is 0 Å². The summed E-state index contributed by atoms with van der Waals surface area (Å²) >= 11 is 0. The Morgan fingerprint density at radius 1 is 1.42 bits per heavy atom. The minimum Gasteiger partial charge on any atom is -0.204 e. The van der Waals surface area contributed by atoms with Gasteiger partial charge in [0.1, 0.15) is 4.90 Å². The van der Waals surface area contributed by atoms with E-state index >= 15 is 0 Å². The van der Waals surface area contributed by atoms with Gasteiger partial charge in [-0.2, -0.15) is 13.5 Å². The highest BCUT2D eigenvalue weighted by Crippen LogP contribution is 2.18. The van der Waals surface area contributed by atoms with Crippen LogP contribution in [0.1, 0.15) is 0 Å². The van der Waals surface area contributed by atoms with Crippen molar-refractivity contribution in [3.05, 3.63) is 24.3 Å². The molecule has 1 aromatic carbocycles.